The van der Waals surface area contributed by atoms with Crippen LogP contribution in [0.5, 0.6) is 0 Å². The number of hydrogen-bond acceptors (Lipinski definition) is 1. The predicted octanol–water partition coefficient (Wildman–Crippen LogP) is 6.17. The van der Waals surface area contributed by atoms with Crippen LogP contribution in [-0.2, 0) is 17.6 Å². The number of rotatable bonds is 13. The van der Waals surface area contributed by atoms with Gasteiger partial charge < -0.3 is 5.11 Å². The van der Waals surface area contributed by atoms with Crippen molar-refractivity contribution in [1.82, 2.24) is 0 Å². The highest BCUT2D eigenvalue weighted by atomic mass is 16.4. The van der Waals surface area contributed by atoms with Crippen molar-refractivity contribution in [2.45, 2.75) is 90.4 Å². The van der Waals surface area contributed by atoms with Gasteiger partial charge in [-0.3, -0.25) is 4.79 Å². The maximum atomic E-state index is 10.4. The molecule has 1 N–H and O–H groups in total. The van der Waals surface area contributed by atoms with E-state index in [2.05, 4.69) is 43.0 Å². The third kappa shape index (κ3) is 12.3. The molecule has 138 valence electrons. The zero-order chi connectivity index (χ0) is 18.2. The zero-order valence-electron chi connectivity index (χ0n) is 15.9. The molecule has 0 unspecified atom stereocenters. The Morgan fingerprint density at radius 1 is 0.840 bits per heavy atom. The fraction of sp³-hybridized carbons (Fsp3) is 0.609. The molecule has 0 aromatic heterocycles. The number of benzene rings is 1. The minimum absolute atomic E-state index is 0.210. The van der Waals surface area contributed by atoms with E-state index < -0.39 is 5.97 Å². The van der Waals surface area contributed by atoms with Gasteiger partial charge in [-0.15, -0.1) is 5.92 Å². The summed E-state index contributed by atoms with van der Waals surface area (Å²) in [4.78, 5) is 10.4. The number of carboxylic acids is 1. The Kier molecular flexibility index (Phi) is 12.4. The third-order valence-corrected chi connectivity index (χ3v) is 4.45. The standard InChI is InChI=1S/C23H34O2/c1-2-3-4-5-6-7-8-11-14-21-17-19-22(20-18-21)15-12-9-10-13-16-23(24)25/h17-20H,2-8,10-11,13-16H2,1H3,(H,24,25). The van der Waals surface area contributed by atoms with Gasteiger partial charge in [0, 0.05) is 19.3 Å². The van der Waals surface area contributed by atoms with Gasteiger partial charge in [-0.1, -0.05) is 82.1 Å². The van der Waals surface area contributed by atoms with E-state index in [0.29, 0.717) is 12.8 Å². The van der Waals surface area contributed by atoms with E-state index in [9.17, 15) is 4.79 Å². The van der Waals surface area contributed by atoms with Gasteiger partial charge in [-0.05, 0) is 30.4 Å². The van der Waals surface area contributed by atoms with Crippen LogP contribution in [-0.4, -0.2) is 11.1 Å². The number of carbonyl (C=O) groups is 1. The molecule has 0 aliphatic heterocycles. The monoisotopic (exact) mass is 342 g/mol. The molecule has 0 spiro atoms. The molecule has 0 amide bonds. The fourth-order valence-corrected chi connectivity index (χ4v) is 2.87. The Labute approximate surface area is 154 Å². The van der Waals surface area contributed by atoms with Crippen molar-refractivity contribution in [3.8, 4) is 11.8 Å². The second kappa shape index (κ2) is 14.6. The number of aliphatic carboxylic acids is 1. The van der Waals surface area contributed by atoms with Gasteiger partial charge in [0.2, 0.25) is 0 Å². The molecular weight excluding hydrogens is 308 g/mol. The lowest BCUT2D eigenvalue weighted by molar-refractivity contribution is -0.137. The van der Waals surface area contributed by atoms with Crippen LogP contribution in [0.4, 0.5) is 0 Å². The summed E-state index contributed by atoms with van der Waals surface area (Å²) in [6.45, 7) is 2.26. The molecular formula is C23H34O2. The SMILES string of the molecule is CCCCCCCCCCc1ccc(CC#CCCCC(=O)O)cc1. The molecule has 1 aromatic rings. The van der Waals surface area contributed by atoms with Gasteiger partial charge in [-0.25, -0.2) is 0 Å². The highest BCUT2D eigenvalue weighted by Gasteiger charge is 1.96. The van der Waals surface area contributed by atoms with Gasteiger partial charge in [0.25, 0.3) is 0 Å². The van der Waals surface area contributed by atoms with Crippen LogP contribution in [0, 0.1) is 11.8 Å². The highest BCUT2D eigenvalue weighted by Crippen LogP contribution is 2.12. The molecule has 0 saturated carbocycles. The summed E-state index contributed by atoms with van der Waals surface area (Å²) in [7, 11) is 0. The lowest BCUT2D eigenvalue weighted by Crippen LogP contribution is -1.92. The molecule has 0 aliphatic carbocycles. The average Bonchev–Trinajstić information content (AvgIpc) is 2.61. The molecule has 2 nitrogen and oxygen atoms in total. The van der Waals surface area contributed by atoms with Crippen LogP contribution < -0.4 is 0 Å². The normalized spacial score (nSPS) is 10.3. The second-order valence-electron chi connectivity index (χ2n) is 6.82. The number of aryl methyl sites for hydroxylation is 1. The van der Waals surface area contributed by atoms with Crippen LogP contribution in [0.15, 0.2) is 24.3 Å². The Morgan fingerprint density at radius 2 is 1.44 bits per heavy atom. The van der Waals surface area contributed by atoms with Crippen molar-refractivity contribution >= 4 is 5.97 Å². The number of carboxylic acid groups (broad SMARTS) is 1. The summed E-state index contributed by atoms with van der Waals surface area (Å²) < 4.78 is 0. The highest BCUT2D eigenvalue weighted by molar-refractivity contribution is 5.66. The minimum Gasteiger partial charge on any atom is -0.481 e. The van der Waals surface area contributed by atoms with Crippen LogP contribution in [0.3, 0.4) is 0 Å². The Hall–Kier alpha value is -1.75. The molecule has 1 rings (SSSR count). The van der Waals surface area contributed by atoms with Gasteiger partial charge in [0.15, 0.2) is 0 Å². The molecule has 0 aliphatic rings. The van der Waals surface area contributed by atoms with E-state index in [-0.39, 0.29) is 6.42 Å². The van der Waals surface area contributed by atoms with Crippen molar-refractivity contribution in [3.05, 3.63) is 35.4 Å². The summed E-state index contributed by atoms with van der Waals surface area (Å²) >= 11 is 0. The van der Waals surface area contributed by atoms with Gasteiger partial charge in [-0.2, -0.15) is 0 Å². The Bertz CT molecular complexity index is 519. The van der Waals surface area contributed by atoms with E-state index >= 15 is 0 Å². The first-order valence-electron chi connectivity index (χ1n) is 9.97. The molecule has 0 fully saturated rings. The van der Waals surface area contributed by atoms with Crippen molar-refractivity contribution in [2.75, 3.05) is 0 Å². The quantitative estimate of drug-likeness (QED) is 0.344. The van der Waals surface area contributed by atoms with E-state index in [1.54, 1.807) is 0 Å². The van der Waals surface area contributed by atoms with Crippen molar-refractivity contribution in [3.63, 3.8) is 0 Å². The summed E-state index contributed by atoms with van der Waals surface area (Å²) in [6, 6.07) is 8.80. The maximum Gasteiger partial charge on any atom is 0.303 e. The van der Waals surface area contributed by atoms with Crippen LogP contribution >= 0.6 is 0 Å². The van der Waals surface area contributed by atoms with Crippen molar-refractivity contribution < 1.29 is 9.90 Å². The molecule has 2 heteroatoms. The van der Waals surface area contributed by atoms with Crippen molar-refractivity contribution in [2.24, 2.45) is 0 Å². The summed E-state index contributed by atoms with van der Waals surface area (Å²) in [5.74, 6) is 5.45. The second-order valence-corrected chi connectivity index (χ2v) is 6.82. The van der Waals surface area contributed by atoms with Gasteiger partial charge in [0.1, 0.15) is 0 Å². The summed E-state index contributed by atoms with van der Waals surface area (Å²) in [6.07, 6.45) is 14.4. The van der Waals surface area contributed by atoms with E-state index in [0.717, 1.165) is 6.42 Å². The van der Waals surface area contributed by atoms with E-state index in [1.807, 2.05) is 0 Å². The Morgan fingerprint density at radius 3 is 2.08 bits per heavy atom. The first kappa shape index (κ1) is 21.3. The average molecular weight is 343 g/mol. The third-order valence-electron chi connectivity index (χ3n) is 4.45. The first-order valence-corrected chi connectivity index (χ1v) is 9.97. The molecule has 1 aromatic carbocycles. The molecule has 0 bridgehead atoms. The molecule has 0 heterocycles. The maximum absolute atomic E-state index is 10.4. The molecule has 25 heavy (non-hydrogen) atoms. The fourth-order valence-electron chi connectivity index (χ4n) is 2.87. The number of unbranched alkanes of at least 4 members (excludes halogenated alkanes) is 8. The van der Waals surface area contributed by atoms with Gasteiger partial charge >= 0.3 is 5.97 Å². The van der Waals surface area contributed by atoms with Crippen LogP contribution in [0.2, 0.25) is 0 Å². The Balaban J connectivity index is 2.11. The largest absolute Gasteiger partial charge is 0.481 e. The molecule has 0 atom stereocenters. The van der Waals surface area contributed by atoms with Crippen molar-refractivity contribution in [1.29, 1.82) is 0 Å². The molecule has 0 saturated heterocycles. The van der Waals surface area contributed by atoms with Gasteiger partial charge in [0.05, 0.1) is 0 Å². The lowest BCUT2D eigenvalue weighted by Gasteiger charge is -2.03. The minimum atomic E-state index is -0.742. The van der Waals surface area contributed by atoms with E-state index in [4.69, 9.17) is 5.11 Å². The topological polar surface area (TPSA) is 37.3 Å². The zero-order valence-corrected chi connectivity index (χ0v) is 15.9. The van der Waals surface area contributed by atoms with Crippen LogP contribution in [0.1, 0.15) is 88.7 Å². The van der Waals surface area contributed by atoms with Crippen LogP contribution in [0.25, 0.3) is 0 Å². The predicted molar refractivity (Wildman–Crippen MR) is 106 cm³/mol. The lowest BCUT2D eigenvalue weighted by atomic mass is 10.0. The molecule has 0 radical (unpaired) electrons. The van der Waals surface area contributed by atoms with E-state index in [1.165, 1.54) is 68.9 Å². The smallest absolute Gasteiger partial charge is 0.303 e. The summed E-state index contributed by atoms with van der Waals surface area (Å²) in [5, 5.41) is 8.56. The summed E-state index contributed by atoms with van der Waals surface area (Å²) in [5.41, 5.74) is 2.66. The number of hydrogen-bond donors (Lipinski definition) is 1. The first-order chi connectivity index (χ1) is 12.2.